The molecule has 0 radical (unpaired) electrons. The Morgan fingerprint density at radius 2 is 1.20 bits per heavy atom. The van der Waals surface area contributed by atoms with Gasteiger partial charge in [-0.3, -0.25) is 0 Å². The molecule has 0 N–H and O–H groups in total. The molecular weight excluding hydrogens is 532 g/mol. The van der Waals surface area contributed by atoms with Crippen molar-refractivity contribution in [1.82, 2.24) is 9.13 Å². The number of aromatic nitrogens is 2. The van der Waals surface area contributed by atoms with Crippen molar-refractivity contribution in [2.24, 2.45) is 0 Å². The zero-order chi connectivity index (χ0) is 29.0. The van der Waals surface area contributed by atoms with Gasteiger partial charge in [0.2, 0.25) is 0 Å². The van der Waals surface area contributed by atoms with Gasteiger partial charge in [0.05, 0.1) is 22.2 Å². The average Bonchev–Trinajstić information content (AvgIpc) is 3.62. The molecule has 2 aromatic heterocycles. The van der Waals surface area contributed by atoms with E-state index in [2.05, 4.69) is 161 Å². The zero-order valence-corrected chi connectivity index (χ0v) is 24.2. The summed E-state index contributed by atoms with van der Waals surface area (Å²) >= 11 is 0. The van der Waals surface area contributed by atoms with Crippen LogP contribution in [0.25, 0.3) is 72.4 Å². The van der Waals surface area contributed by atoms with Crippen molar-refractivity contribution in [3.05, 3.63) is 163 Å². The maximum atomic E-state index is 3.52. The third-order valence-electron chi connectivity index (χ3n) is 9.02. The van der Waals surface area contributed by atoms with Crippen LogP contribution in [-0.4, -0.2) is 9.13 Å². The van der Waals surface area contributed by atoms with Crippen LogP contribution >= 0.6 is 0 Å². The second-order valence-corrected chi connectivity index (χ2v) is 11.5. The fourth-order valence-electron chi connectivity index (χ4n) is 7.08. The number of hydrogen-bond donors (Lipinski definition) is 0. The van der Waals surface area contributed by atoms with Crippen molar-refractivity contribution in [3.63, 3.8) is 0 Å². The molecule has 2 heterocycles. The van der Waals surface area contributed by atoms with E-state index in [9.17, 15) is 0 Å². The van der Waals surface area contributed by atoms with Crippen LogP contribution < -0.4 is 0 Å². The van der Waals surface area contributed by atoms with Gasteiger partial charge in [0.1, 0.15) is 0 Å². The molecular formula is C42H28N2. The molecule has 2 nitrogen and oxygen atoms in total. The molecule has 0 saturated heterocycles. The predicted molar refractivity (Wildman–Crippen MR) is 184 cm³/mol. The first-order chi connectivity index (χ1) is 21.9. The first-order valence-corrected chi connectivity index (χ1v) is 15.3. The van der Waals surface area contributed by atoms with Crippen molar-refractivity contribution in [1.29, 1.82) is 0 Å². The average molecular weight is 561 g/mol. The van der Waals surface area contributed by atoms with Crippen LogP contribution in [0.1, 0.15) is 17.7 Å². The van der Waals surface area contributed by atoms with Crippen LogP contribution in [0.2, 0.25) is 0 Å². The zero-order valence-electron chi connectivity index (χ0n) is 24.2. The number of rotatable bonds is 4. The normalized spacial score (nSPS) is 12.5. The Kier molecular flexibility index (Phi) is 5.58. The topological polar surface area (TPSA) is 9.86 Å². The van der Waals surface area contributed by atoms with Crippen molar-refractivity contribution in [3.8, 4) is 33.6 Å². The molecule has 0 amide bonds. The SMILES string of the molecule is c1c(-c2ccccc2)ccc(-c2ccccc2-n2c3c(c4ccc5c6ccccc6n(-c6ccccc6)c5c42)C=CCC3)c#1. The molecule has 8 aromatic rings. The highest BCUT2D eigenvalue weighted by Crippen LogP contribution is 2.43. The summed E-state index contributed by atoms with van der Waals surface area (Å²) in [6.07, 6.45) is 6.67. The Morgan fingerprint density at radius 3 is 2.05 bits per heavy atom. The van der Waals surface area contributed by atoms with E-state index in [4.69, 9.17) is 0 Å². The Morgan fingerprint density at radius 1 is 0.523 bits per heavy atom. The minimum atomic E-state index is 0.991. The van der Waals surface area contributed by atoms with Gasteiger partial charge in [-0.1, -0.05) is 121 Å². The summed E-state index contributed by atoms with van der Waals surface area (Å²) in [6.45, 7) is 0. The molecule has 0 bridgehead atoms. The number of allylic oxidation sites excluding steroid dienone is 1. The maximum Gasteiger partial charge on any atom is 0.0788 e. The van der Waals surface area contributed by atoms with Crippen molar-refractivity contribution in [2.45, 2.75) is 12.8 Å². The van der Waals surface area contributed by atoms with Crippen molar-refractivity contribution in [2.75, 3.05) is 0 Å². The fraction of sp³-hybridized carbons (Fsp3) is 0.0476. The minimum absolute atomic E-state index is 0.991. The largest absolute Gasteiger partial charge is 0.310 e. The van der Waals surface area contributed by atoms with Crippen LogP contribution in [0.4, 0.5) is 0 Å². The maximum absolute atomic E-state index is 3.52. The molecule has 0 fully saturated rings. The highest BCUT2D eigenvalue weighted by atomic mass is 15.1. The van der Waals surface area contributed by atoms with Gasteiger partial charge >= 0.3 is 0 Å². The molecule has 0 spiro atoms. The highest BCUT2D eigenvalue weighted by Gasteiger charge is 2.25. The van der Waals surface area contributed by atoms with Crippen molar-refractivity contribution < 1.29 is 0 Å². The highest BCUT2D eigenvalue weighted by molar-refractivity contribution is 6.19. The van der Waals surface area contributed by atoms with Crippen LogP contribution in [0.15, 0.2) is 140 Å². The van der Waals surface area contributed by atoms with E-state index in [1.165, 1.54) is 55.3 Å². The van der Waals surface area contributed by atoms with E-state index in [1.54, 1.807) is 0 Å². The Hall–Kier alpha value is -5.78. The quantitative estimate of drug-likeness (QED) is 0.203. The van der Waals surface area contributed by atoms with Gasteiger partial charge < -0.3 is 9.13 Å². The van der Waals surface area contributed by atoms with E-state index in [-0.39, 0.29) is 0 Å². The van der Waals surface area contributed by atoms with Gasteiger partial charge in [-0.05, 0) is 54.8 Å². The summed E-state index contributed by atoms with van der Waals surface area (Å²) in [6, 6.07) is 54.7. The van der Waals surface area contributed by atoms with Crippen LogP contribution in [0, 0.1) is 12.1 Å². The molecule has 44 heavy (non-hydrogen) atoms. The lowest BCUT2D eigenvalue weighted by molar-refractivity contribution is 0.889. The van der Waals surface area contributed by atoms with E-state index in [0.29, 0.717) is 0 Å². The van der Waals surface area contributed by atoms with E-state index in [0.717, 1.165) is 35.1 Å². The van der Waals surface area contributed by atoms with Crippen LogP contribution in [0.5, 0.6) is 0 Å². The van der Waals surface area contributed by atoms with Gasteiger partial charge in [0.15, 0.2) is 0 Å². The Balaban J connectivity index is 1.37. The van der Waals surface area contributed by atoms with E-state index in [1.807, 2.05) is 6.07 Å². The van der Waals surface area contributed by atoms with Crippen LogP contribution in [0.3, 0.4) is 0 Å². The number of hydrogen-bond acceptors (Lipinski definition) is 0. The number of nitrogens with zero attached hydrogens (tertiary/aromatic N) is 2. The van der Waals surface area contributed by atoms with Crippen LogP contribution in [-0.2, 0) is 6.42 Å². The molecule has 0 atom stereocenters. The molecule has 9 rings (SSSR count). The summed E-state index contributed by atoms with van der Waals surface area (Å²) in [5.41, 5.74) is 13.1. The monoisotopic (exact) mass is 560 g/mol. The smallest absolute Gasteiger partial charge is 0.0788 e. The number of para-hydroxylation sites is 3. The van der Waals surface area contributed by atoms with Crippen molar-refractivity contribution >= 4 is 38.8 Å². The van der Waals surface area contributed by atoms with E-state index < -0.39 is 0 Å². The first-order valence-electron chi connectivity index (χ1n) is 15.3. The lowest BCUT2D eigenvalue weighted by Gasteiger charge is -2.18. The first kappa shape index (κ1) is 24.8. The predicted octanol–water partition coefficient (Wildman–Crippen LogP) is 10.6. The summed E-state index contributed by atoms with van der Waals surface area (Å²) in [5.74, 6) is 0. The van der Waals surface area contributed by atoms with E-state index >= 15 is 0 Å². The molecule has 0 unspecified atom stereocenters. The Labute approximate surface area is 256 Å². The molecule has 0 saturated carbocycles. The standard InChI is InChI=1S/C42H28N2/c1-3-13-29(14-4-1)30-23-25-31(26-24-30)33-17-7-10-20-38(33)44-40-22-12-9-19-35(40)37-28-27-36-34-18-8-11-21-39(34)43(41(36)42(37)44)32-15-5-2-6-16-32/h1-11,13-21,23,25,27-28H,12,22H2. The molecule has 206 valence electrons. The number of fused-ring (bicyclic) bond motifs is 7. The molecule has 0 aliphatic heterocycles. The summed E-state index contributed by atoms with van der Waals surface area (Å²) in [4.78, 5) is 0. The summed E-state index contributed by atoms with van der Waals surface area (Å²) in [7, 11) is 0. The fourth-order valence-corrected chi connectivity index (χ4v) is 7.08. The second kappa shape index (κ2) is 9.90. The van der Waals surface area contributed by atoms with Gasteiger partial charge in [-0.25, -0.2) is 0 Å². The summed E-state index contributed by atoms with van der Waals surface area (Å²) in [5, 5.41) is 3.82. The summed E-state index contributed by atoms with van der Waals surface area (Å²) < 4.78 is 5.00. The minimum Gasteiger partial charge on any atom is -0.310 e. The molecule has 6 aromatic carbocycles. The third-order valence-corrected chi connectivity index (χ3v) is 9.02. The Bertz CT molecular complexity index is 2350. The lowest BCUT2D eigenvalue weighted by Crippen LogP contribution is -2.05. The second-order valence-electron chi connectivity index (χ2n) is 11.5. The van der Waals surface area contributed by atoms with Gasteiger partial charge in [0, 0.05) is 49.8 Å². The molecule has 1 aliphatic carbocycles. The molecule has 2 heteroatoms. The number of benzene rings is 5. The molecule has 1 aliphatic rings. The van der Waals surface area contributed by atoms with Gasteiger partial charge in [0.25, 0.3) is 0 Å². The van der Waals surface area contributed by atoms with Gasteiger partial charge in [-0.15, -0.1) is 0 Å². The van der Waals surface area contributed by atoms with Gasteiger partial charge in [-0.2, -0.15) is 0 Å². The third kappa shape index (κ3) is 3.70. The lowest BCUT2D eigenvalue weighted by atomic mass is 10.0.